The Bertz CT molecular complexity index is 924. The van der Waals surface area contributed by atoms with E-state index in [1.54, 1.807) is 6.08 Å². The Morgan fingerprint density at radius 3 is 1.35 bits per heavy atom. The molecule has 340 valence electrons. The number of hydrogen-bond donors (Lipinski definition) is 5. The van der Waals surface area contributed by atoms with Crippen LogP contribution in [0.15, 0.2) is 12.2 Å². The fourth-order valence-electron chi connectivity index (χ4n) is 7.47. The van der Waals surface area contributed by atoms with Gasteiger partial charge >= 0.3 is 7.82 Å². The number of carbonyl (C=O) groups is 1. The molecular formula is C47H95N2O7P. The van der Waals surface area contributed by atoms with Gasteiger partial charge in [-0.05, 0) is 19.3 Å². The molecule has 10 heteroatoms. The number of aliphatic hydroxyl groups is 2. The normalized spacial score (nSPS) is 14.6. The van der Waals surface area contributed by atoms with Crippen molar-refractivity contribution in [1.82, 2.24) is 5.32 Å². The van der Waals surface area contributed by atoms with Crippen molar-refractivity contribution >= 4 is 13.7 Å². The zero-order chi connectivity index (χ0) is 41.9. The quantitative estimate of drug-likeness (QED) is 0.0231. The molecule has 9 nitrogen and oxygen atoms in total. The highest BCUT2D eigenvalue weighted by Crippen LogP contribution is 2.43. The first-order valence-corrected chi connectivity index (χ1v) is 25.9. The van der Waals surface area contributed by atoms with Crippen molar-refractivity contribution in [2.24, 2.45) is 5.73 Å². The number of phosphoric acid groups is 1. The molecule has 0 saturated carbocycles. The molecule has 4 unspecified atom stereocenters. The van der Waals surface area contributed by atoms with Gasteiger partial charge in [-0.2, -0.15) is 0 Å². The lowest BCUT2D eigenvalue weighted by molar-refractivity contribution is -0.124. The van der Waals surface area contributed by atoms with Crippen LogP contribution in [0.1, 0.15) is 245 Å². The summed E-state index contributed by atoms with van der Waals surface area (Å²) in [5, 5.41) is 24.1. The largest absolute Gasteiger partial charge is 0.472 e. The van der Waals surface area contributed by atoms with Crippen molar-refractivity contribution in [3.63, 3.8) is 0 Å². The number of allylic oxidation sites excluding steroid dienone is 1. The molecule has 0 saturated heterocycles. The summed E-state index contributed by atoms with van der Waals surface area (Å²) in [7, 11) is -4.40. The van der Waals surface area contributed by atoms with Gasteiger partial charge in [0.15, 0.2) is 0 Å². The van der Waals surface area contributed by atoms with Crippen molar-refractivity contribution in [2.45, 2.75) is 263 Å². The van der Waals surface area contributed by atoms with Crippen LogP contribution in [-0.2, 0) is 18.4 Å². The number of hydrogen-bond acceptors (Lipinski definition) is 7. The Kier molecular flexibility index (Phi) is 42.7. The molecule has 0 fully saturated rings. The Morgan fingerprint density at radius 1 is 0.596 bits per heavy atom. The first kappa shape index (κ1) is 56.2. The number of unbranched alkanes of at least 4 members (excludes halogenated alkanes) is 32. The van der Waals surface area contributed by atoms with Crippen LogP contribution in [-0.4, -0.2) is 59.0 Å². The number of phosphoric ester groups is 1. The number of nitrogens with one attached hydrogen (secondary N) is 1. The summed E-state index contributed by atoms with van der Waals surface area (Å²) in [6, 6.07) is -0.978. The van der Waals surface area contributed by atoms with Crippen molar-refractivity contribution in [1.29, 1.82) is 0 Å². The van der Waals surface area contributed by atoms with Gasteiger partial charge in [0.1, 0.15) is 0 Å². The van der Waals surface area contributed by atoms with E-state index in [1.807, 2.05) is 6.08 Å². The van der Waals surface area contributed by atoms with Crippen LogP contribution in [0.2, 0.25) is 0 Å². The van der Waals surface area contributed by atoms with Gasteiger partial charge in [0.2, 0.25) is 5.91 Å². The lowest BCUT2D eigenvalue weighted by atomic mass is 10.0. The standard InChI is InChI=1S/C47H95N2O7P/c1-3-5-7-9-11-13-15-17-19-20-21-22-23-25-27-29-31-33-35-37-39-46(51)45(43-56-57(53,54)55-41-40-48)49-47(52)42-44(50)38-36-34-32-30-28-26-24-18-16-14-12-10-8-6-4-2/h37,39,44-46,50-51H,3-36,38,40-43,48H2,1-2H3,(H,49,52)(H,53,54)/b39-37+. The minimum absolute atomic E-state index is 0.0517. The molecular weight excluding hydrogens is 735 g/mol. The second-order valence-electron chi connectivity index (χ2n) is 16.9. The number of aliphatic hydroxyl groups excluding tert-OH is 2. The average Bonchev–Trinajstić information content (AvgIpc) is 3.19. The molecule has 0 aromatic carbocycles. The SMILES string of the molecule is CCCCCCCCCCCCCCCCCCCC/C=C/C(O)C(COP(=O)(O)OCCN)NC(=O)CC(O)CCCCCCCCCCCCCCCCC. The molecule has 0 aliphatic rings. The van der Waals surface area contributed by atoms with Gasteiger partial charge in [-0.25, -0.2) is 4.57 Å². The third-order valence-corrected chi connectivity index (χ3v) is 12.2. The van der Waals surface area contributed by atoms with Gasteiger partial charge in [-0.1, -0.05) is 231 Å². The molecule has 0 bridgehead atoms. The summed E-state index contributed by atoms with van der Waals surface area (Å²) in [6.07, 6.45) is 45.8. The third-order valence-electron chi connectivity index (χ3n) is 11.2. The molecule has 0 aliphatic heterocycles. The molecule has 0 heterocycles. The maximum absolute atomic E-state index is 12.8. The summed E-state index contributed by atoms with van der Waals surface area (Å²) in [4.78, 5) is 22.8. The second-order valence-corrected chi connectivity index (χ2v) is 18.3. The summed E-state index contributed by atoms with van der Waals surface area (Å²) in [5.74, 6) is -0.441. The van der Waals surface area contributed by atoms with E-state index in [2.05, 4.69) is 19.2 Å². The maximum Gasteiger partial charge on any atom is 0.472 e. The second kappa shape index (κ2) is 43.3. The fourth-order valence-corrected chi connectivity index (χ4v) is 8.23. The Balaban J connectivity index is 4.22. The summed E-state index contributed by atoms with van der Waals surface area (Å²) in [6.45, 7) is 4.01. The van der Waals surface area contributed by atoms with Crippen molar-refractivity contribution < 1.29 is 33.5 Å². The predicted octanol–water partition coefficient (Wildman–Crippen LogP) is 12.9. The van der Waals surface area contributed by atoms with Gasteiger partial charge in [0.25, 0.3) is 0 Å². The zero-order valence-electron chi connectivity index (χ0n) is 37.5. The minimum atomic E-state index is -4.40. The molecule has 0 radical (unpaired) electrons. The zero-order valence-corrected chi connectivity index (χ0v) is 38.4. The maximum atomic E-state index is 12.8. The fraction of sp³-hybridized carbons (Fsp3) is 0.936. The van der Waals surface area contributed by atoms with E-state index in [9.17, 15) is 24.5 Å². The number of carbonyl (C=O) groups excluding carboxylic acids is 1. The van der Waals surface area contributed by atoms with E-state index < -0.39 is 38.6 Å². The first-order chi connectivity index (χ1) is 27.8. The molecule has 6 N–H and O–H groups in total. The van der Waals surface area contributed by atoms with Crippen molar-refractivity contribution in [3.05, 3.63) is 12.2 Å². The van der Waals surface area contributed by atoms with E-state index in [-0.39, 0.29) is 19.6 Å². The number of amides is 1. The van der Waals surface area contributed by atoms with E-state index >= 15 is 0 Å². The minimum Gasteiger partial charge on any atom is -0.393 e. The molecule has 4 atom stereocenters. The van der Waals surface area contributed by atoms with Crippen LogP contribution in [0.25, 0.3) is 0 Å². The van der Waals surface area contributed by atoms with E-state index in [1.165, 1.54) is 180 Å². The number of rotatable bonds is 46. The van der Waals surface area contributed by atoms with Crippen LogP contribution in [0, 0.1) is 0 Å². The van der Waals surface area contributed by atoms with Gasteiger partial charge in [0, 0.05) is 6.54 Å². The topological polar surface area (TPSA) is 151 Å². The highest BCUT2D eigenvalue weighted by atomic mass is 31.2. The molecule has 0 spiro atoms. The van der Waals surface area contributed by atoms with Gasteiger partial charge in [-0.15, -0.1) is 0 Å². The highest BCUT2D eigenvalue weighted by molar-refractivity contribution is 7.47. The smallest absolute Gasteiger partial charge is 0.393 e. The molecule has 0 aromatic heterocycles. The Morgan fingerprint density at radius 2 is 0.965 bits per heavy atom. The van der Waals surface area contributed by atoms with Crippen LogP contribution in [0.3, 0.4) is 0 Å². The average molecular weight is 831 g/mol. The molecule has 0 rings (SSSR count). The molecule has 0 aliphatic carbocycles. The Labute approximate surface area is 352 Å². The van der Waals surface area contributed by atoms with Crippen molar-refractivity contribution in [3.8, 4) is 0 Å². The van der Waals surface area contributed by atoms with Crippen LogP contribution < -0.4 is 11.1 Å². The van der Waals surface area contributed by atoms with E-state index in [0.717, 1.165) is 38.5 Å². The van der Waals surface area contributed by atoms with Crippen LogP contribution in [0.5, 0.6) is 0 Å². The summed E-state index contributed by atoms with van der Waals surface area (Å²) < 4.78 is 22.1. The predicted molar refractivity (Wildman–Crippen MR) is 241 cm³/mol. The third kappa shape index (κ3) is 41.7. The monoisotopic (exact) mass is 831 g/mol. The van der Waals surface area contributed by atoms with Gasteiger partial charge in [0.05, 0.1) is 37.9 Å². The van der Waals surface area contributed by atoms with Gasteiger partial charge < -0.3 is 26.2 Å². The number of nitrogens with two attached hydrogens (primary N) is 1. The van der Waals surface area contributed by atoms with Gasteiger partial charge in [-0.3, -0.25) is 13.8 Å². The molecule has 1 amide bonds. The Hall–Kier alpha value is -0.800. The lowest BCUT2D eigenvalue weighted by Gasteiger charge is -2.24. The summed E-state index contributed by atoms with van der Waals surface area (Å²) in [5.41, 5.74) is 5.38. The van der Waals surface area contributed by atoms with Crippen LogP contribution >= 0.6 is 7.82 Å². The van der Waals surface area contributed by atoms with E-state index in [4.69, 9.17) is 14.8 Å². The lowest BCUT2D eigenvalue weighted by Crippen LogP contribution is -2.46. The van der Waals surface area contributed by atoms with E-state index in [0.29, 0.717) is 6.42 Å². The molecule has 0 aromatic rings. The molecule has 57 heavy (non-hydrogen) atoms. The summed E-state index contributed by atoms with van der Waals surface area (Å²) >= 11 is 0. The van der Waals surface area contributed by atoms with Crippen molar-refractivity contribution in [2.75, 3.05) is 19.8 Å². The highest BCUT2D eigenvalue weighted by Gasteiger charge is 2.27. The first-order valence-electron chi connectivity index (χ1n) is 24.4. The van der Waals surface area contributed by atoms with Crippen LogP contribution in [0.4, 0.5) is 0 Å².